The Morgan fingerprint density at radius 3 is 1.44 bits per heavy atom. The summed E-state index contributed by atoms with van der Waals surface area (Å²) in [6.07, 6.45) is 13.1. The summed E-state index contributed by atoms with van der Waals surface area (Å²) in [6, 6.07) is 8.99. The Balaban J connectivity index is 0.000000524. The van der Waals surface area contributed by atoms with Gasteiger partial charge in [0.2, 0.25) is 0 Å². The van der Waals surface area contributed by atoms with E-state index in [1.165, 1.54) is 44.4 Å². The van der Waals surface area contributed by atoms with Crippen LogP contribution in [0.15, 0.2) is 29.2 Å². The second-order valence-electron chi connectivity index (χ2n) is 10.7. The van der Waals surface area contributed by atoms with Crippen molar-refractivity contribution in [1.82, 2.24) is 4.98 Å². The van der Waals surface area contributed by atoms with Crippen molar-refractivity contribution >= 4 is 36.1 Å². The van der Waals surface area contributed by atoms with Gasteiger partial charge in [0.05, 0.1) is 0 Å². The molecule has 0 amide bonds. The zero-order chi connectivity index (χ0) is 26.5. The average Bonchev–Trinajstić information content (AvgIpc) is 3.20. The van der Waals surface area contributed by atoms with Crippen molar-refractivity contribution in [2.75, 3.05) is 6.26 Å². The molecule has 1 N–H and O–H groups in total. The van der Waals surface area contributed by atoms with E-state index in [-0.39, 0.29) is 0 Å². The third kappa shape index (κ3) is 10.3. The zero-order valence-electron chi connectivity index (χ0n) is 24.5. The number of hydrogen-bond acceptors (Lipinski definition) is 1. The molecule has 2 rings (SSSR count). The van der Waals surface area contributed by atoms with Crippen molar-refractivity contribution in [3.8, 4) is 0 Å². The number of rotatable bonds is 4. The van der Waals surface area contributed by atoms with Gasteiger partial charge in [0, 0.05) is 26.0 Å². The first-order chi connectivity index (χ1) is 15.8. The highest BCUT2D eigenvalue weighted by Crippen LogP contribution is 2.38. The highest BCUT2D eigenvalue weighted by atomic mass is 32.2. The van der Waals surface area contributed by atoms with Crippen LogP contribution in [0.2, 0.25) is 0 Å². The number of nitrogens with one attached hydrogen (secondary N) is 1. The van der Waals surface area contributed by atoms with E-state index in [9.17, 15) is 0 Å². The molecular formula is C32H53NS. The average molecular weight is 484 g/mol. The maximum absolute atomic E-state index is 3.38. The molecule has 0 aliphatic heterocycles. The Labute approximate surface area is 215 Å². The van der Waals surface area contributed by atoms with Crippen LogP contribution in [0.5, 0.6) is 0 Å². The maximum Gasteiger partial charge on any atom is 0.0417 e. The van der Waals surface area contributed by atoms with Crippen molar-refractivity contribution in [3.05, 3.63) is 51.0 Å². The van der Waals surface area contributed by atoms with Gasteiger partial charge < -0.3 is 4.98 Å². The molecule has 0 spiro atoms. The van der Waals surface area contributed by atoms with Crippen molar-refractivity contribution < 1.29 is 0 Å². The summed E-state index contributed by atoms with van der Waals surface area (Å²) in [4.78, 5) is 4.73. The second kappa shape index (κ2) is 15.4. The molecule has 2 heteroatoms. The van der Waals surface area contributed by atoms with E-state index < -0.39 is 0 Å². The van der Waals surface area contributed by atoms with Crippen LogP contribution in [0.3, 0.4) is 0 Å². The van der Waals surface area contributed by atoms with Crippen molar-refractivity contribution in [1.29, 1.82) is 0 Å². The smallest absolute Gasteiger partial charge is 0.0417 e. The number of benzene rings is 1. The van der Waals surface area contributed by atoms with E-state index >= 15 is 0 Å². The molecule has 0 radical (unpaired) electrons. The van der Waals surface area contributed by atoms with Crippen LogP contribution in [0.1, 0.15) is 107 Å². The molecular weight excluding hydrogens is 430 g/mol. The number of hydrogen-bond donors (Lipinski definition) is 1. The topological polar surface area (TPSA) is 15.8 Å². The molecule has 0 saturated heterocycles. The normalized spacial score (nSPS) is 15.0. The summed E-state index contributed by atoms with van der Waals surface area (Å²) in [5.74, 6) is 0.624. The Kier molecular flexibility index (Phi) is 14.6. The van der Waals surface area contributed by atoms with Gasteiger partial charge in [-0.05, 0) is 68.4 Å². The minimum absolute atomic E-state index is 0.390. The maximum atomic E-state index is 3.38. The summed E-state index contributed by atoms with van der Waals surface area (Å²) in [7, 11) is 0. The predicted molar refractivity (Wildman–Crippen MR) is 160 cm³/mol. The molecule has 1 aromatic carbocycles. The molecule has 34 heavy (non-hydrogen) atoms. The summed E-state index contributed by atoms with van der Waals surface area (Å²) in [5.41, 5.74) is 2.39. The number of aromatic amines is 1. The third-order valence-electron chi connectivity index (χ3n) is 7.05. The Bertz CT molecular complexity index is 1010. The van der Waals surface area contributed by atoms with Crippen LogP contribution in [-0.4, -0.2) is 11.2 Å². The van der Waals surface area contributed by atoms with Gasteiger partial charge in [-0.3, -0.25) is 0 Å². The predicted octanol–water partition coefficient (Wildman–Crippen LogP) is 7.61. The van der Waals surface area contributed by atoms with Crippen LogP contribution in [0, 0.1) is 10.8 Å². The fourth-order valence-corrected chi connectivity index (χ4v) is 3.71. The van der Waals surface area contributed by atoms with Gasteiger partial charge in [0.25, 0.3) is 0 Å². The molecule has 1 aromatic heterocycles. The largest absolute Gasteiger partial charge is 0.355 e. The van der Waals surface area contributed by atoms with Gasteiger partial charge in [-0.25, -0.2) is 0 Å². The van der Waals surface area contributed by atoms with Gasteiger partial charge in [-0.1, -0.05) is 105 Å². The molecule has 0 fully saturated rings. The molecule has 1 unspecified atom stereocenters. The molecule has 1 atom stereocenters. The van der Waals surface area contributed by atoms with Crippen LogP contribution >= 0.6 is 11.8 Å². The summed E-state index contributed by atoms with van der Waals surface area (Å²) < 4.78 is 0. The summed E-state index contributed by atoms with van der Waals surface area (Å²) >= 11 is 1.80. The van der Waals surface area contributed by atoms with E-state index in [0.29, 0.717) is 16.7 Å². The molecule has 192 valence electrons. The van der Waals surface area contributed by atoms with Crippen LogP contribution in [-0.2, 0) is 0 Å². The Morgan fingerprint density at radius 2 is 1.18 bits per heavy atom. The lowest BCUT2D eigenvalue weighted by Crippen LogP contribution is -2.36. The highest BCUT2D eigenvalue weighted by molar-refractivity contribution is 7.98. The van der Waals surface area contributed by atoms with Gasteiger partial charge in [0.1, 0.15) is 0 Å². The van der Waals surface area contributed by atoms with E-state index in [2.05, 4.69) is 143 Å². The summed E-state index contributed by atoms with van der Waals surface area (Å²) in [6.45, 7) is 26.5. The van der Waals surface area contributed by atoms with Crippen molar-refractivity contribution in [2.45, 2.75) is 107 Å². The number of aromatic nitrogens is 1. The molecule has 1 heterocycles. The molecule has 0 bridgehead atoms. The lowest BCUT2D eigenvalue weighted by atomic mass is 9.74. The van der Waals surface area contributed by atoms with Gasteiger partial charge in [0.15, 0.2) is 0 Å². The lowest BCUT2D eigenvalue weighted by Gasteiger charge is -2.31. The van der Waals surface area contributed by atoms with Crippen LogP contribution in [0.25, 0.3) is 24.3 Å². The van der Waals surface area contributed by atoms with Crippen LogP contribution in [0.4, 0.5) is 0 Å². The fraction of sp³-hybridized carbons (Fsp3) is 0.562. The molecule has 0 saturated carbocycles. The number of H-pyrrole nitrogens is 1. The quantitative estimate of drug-likeness (QED) is 0.442. The highest BCUT2D eigenvalue weighted by Gasteiger charge is 2.24. The van der Waals surface area contributed by atoms with Gasteiger partial charge >= 0.3 is 0 Å². The SMILES string of the molecule is CC=c1c(=C/C)/c(=C\C)[nH]/c1=C/C.CCC(C)(C)C.CCC(C)(C)C(C)c1ccc(SC)cc1. The first kappa shape index (κ1) is 32.3. The Hall–Kier alpha value is -1.67. The van der Waals surface area contributed by atoms with Gasteiger partial charge in [-0.15, -0.1) is 11.8 Å². The van der Waals surface area contributed by atoms with Crippen LogP contribution < -0.4 is 21.1 Å². The molecule has 0 aliphatic rings. The van der Waals surface area contributed by atoms with Crippen molar-refractivity contribution in [3.63, 3.8) is 0 Å². The first-order valence-corrected chi connectivity index (χ1v) is 14.1. The van der Waals surface area contributed by atoms with E-state index in [4.69, 9.17) is 0 Å². The Morgan fingerprint density at radius 1 is 0.765 bits per heavy atom. The van der Waals surface area contributed by atoms with E-state index in [0.717, 1.165) is 0 Å². The second-order valence-corrected chi connectivity index (χ2v) is 11.6. The monoisotopic (exact) mass is 483 g/mol. The van der Waals surface area contributed by atoms with E-state index in [1.54, 1.807) is 11.8 Å². The third-order valence-corrected chi connectivity index (χ3v) is 7.80. The fourth-order valence-electron chi connectivity index (χ4n) is 3.30. The molecule has 0 aliphatic carbocycles. The molecule has 2 aromatic rings. The molecule has 1 nitrogen and oxygen atoms in total. The minimum Gasteiger partial charge on any atom is -0.355 e. The zero-order valence-corrected chi connectivity index (χ0v) is 25.3. The summed E-state index contributed by atoms with van der Waals surface area (Å²) in [5, 5.41) is 5.03. The van der Waals surface area contributed by atoms with Gasteiger partial charge in [-0.2, -0.15) is 0 Å². The number of thioether (sulfide) groups is 1. The minimum atomic E-state index is 0.390. The van der Waals surface area contributed by atoms with E-state index in [1.807, 2.05) is 0 Å². The van der Waals surface area contributed by atoms with Crippen molar-refractivity contribution in [2.24, 2.45) is 10.8 Å². The first-order valence-electron chi connectivity index (χ1n) is 12.9. The lowest BCUT2D eigenvalue weighted by molar-refractivity contribution is 0.289. The standard InChI is InChI=1S/C14H22S.C12H17N.C6H14/c1-6-14(3,4)11(2)12-7-9-13(15-5)10-8-12;1-5-9-10(6-2)12(8-4)13-11(9)7-3;1-5-6(2,3)4/h7-11H,6H2,1-5H3;5-8,13H,1-4H3;5H2,1-4H3/b;9-5-,10-6?,11-7+,12-8+;.